The lowest BCUT2D eigenvalue weighted by Crippen LogP contribution is -2.41. The van der Waals surface area contributed by atoms with Crippen molar-refractivity contribution < 1.29 is 9.53 Å². The fourth-order valence-corrected chi connectivity index (χ4v) is 2.70. The summed E-state index contributed by atoms with van der Waals surface area (Å²) >= 11 is 1.73. The zero-order valence-electron chi connectivity index (χ0n) is 8.81. The van der Waals surface area contributed by atoms with E-state index in [1.807, 2.05) is 6.07 Å². The number of ketones is 1. The molecule has 0 spiro atoms. The van der Waals surface area contributed by atoms with Crippen molar-refractivity contribution in [1.29, 1.82) is 0 Å². The van der Waals surface area contributed by atoms with Gasteiger partial charge in [0.15, 0.2) is 0 Å². The second-order valence-corrected chi connectivity index (χ2v) is 4.76. The predicted octanol–water partition coefficient (Wildman–Crippen LogP) is 1.71. The molecular formula is C11H15NO2S. The molecule has 0 N–H and O–H groups in total. The number of nitrogens with zero attached hydrogens (tertiary/aromatic N) is 1. The van der Waals surface area contributed by atoms with Gasteiger partial charge in [0.1, 0.15) is 5.78 Å². The molecule has 1 aromatic rings. The van der Waals surface area contributed by atoms with E-state index in [1.54, 1.807) is 18.3 Å². The van der Waals surface area contributed by atoms with Crippen LogP contribution in [0.2, 0.25) is 0 Å². The van der Waals surface area contributed by atoms with E-state index < -0.39 is 0 Å². The maximum absolute atomic E-state index is 11.1. The van der Waals surface area contributed by atoms with Crippen LogP contribution in [0.3, 0.4) is 0 Å². The van der Waals surface area contributed by atoms with Crippen molar-refractivity contribution in [2.24, 2.45) is 0 Å². The topological polar surface area (TPSA) is 29.5 Å². The fourth-order valence-electron chi connectivity index (χ4n) is 1.86. The molecule has 1 aromatic heterocycles. The van der Waals surface area contributed by atoms with Gasteiger partial charge in [0, 0.05) is 11.4 Å². The van der Waals surface area contributed by atoms with E-state index in [1.165, 1.54) is 4.88 Å². The van der Waals surface area contributed by atoms with Gasteiger partial charge in [-0.05, 0) is 18.4 Å². The third kappa shape index (κ3) is 2.65. The van der Waals surface area contributed by atoms with Crippen LogP contribution in [0.5, 0.6) is 0 Å². The summed E-state index contributed by atoms with van der Waals surface area (Å²) in [7, 11) is 0. The Labute approximate surface area is 93.7 Å². The summed E-state index contributed by atoms with van der Waals surface area (Å²) in [5.41, 5.74) is 0. The molecule has 1 fully saturated rings. The molecule has 0 aliphatic carbocycles. The Hall–Kier alpha value is -0.710. The largest absolute Gasteiger partial charge is 0.378 e. The Balaban J connectivity index is 2.09. The molecule has 82 valence electrons. The zero-order valence-corrected chi connectivity index (χ0v) is 9.63. The highest BCUT2D eigenvalue weighted by molar-refractivity contribution is 7.10. The first-order chi connectivity index (χ1) is 7.27. The van der Waals surface area contributed by atoms with Gasteiger partial charge in [-0.3, -0.25) is 9.69 Å². The third-order valence-corrected chi connectivity index (χ3v) is 3.51. The maximum atomic E-state index is 11.1. The summed E-state index contributed by atoms with van der Waals surface area (Å²) in [5, 5.41) is 2.07. The van der Waals surface area contributed by atoms with Crippen molar-refractivity contribution >= 4 is 17.1 Å². The van der Waals surface area contributed by atoms with Gasteiger partial charge in [0.25, 0.3) is 0 Å². The number of thiophene rings is 1. The van der Waals surface area contributed by atoms with Crippen LogP contribution < -0.4 is 0 Å². The number of hydrogen-bond acceptors (Lipinski definition) is 4. The quantitative estimate of drug-likeness (QED) is 0.784. The Bertz CT molecular complexity index is 323. The van der Waals surface area contributed by atoms with Crippen LogP contribution in [0, 0.1) is 0 Å². The lowest BCUT2D eigenvalue weighted by molar-refractivity contribution is -0.120. The van der Waals surface area contributed by atoms with Crippen LogP contribution in [0.1, 0.15) is 17.8 Å². The fraction of sp³-hybridized carbons (Fsp3) is 0.545. The highest BCUT2D eigenvalue weighted by Crippen LogP contribution is 2.27. The number of morpholine rings is 1. The Morgan fingerprint density at radius 1 is 1.73 bits per heavy atom. The molecule has 1 unspecified atom stereocenters. The van der Waals surface area contributed by atoms with Crippen molar-refractivity contribution in [3.63, 3.8) is 0 Å². The zero-order chi connectivity index (χ0) is 10.7. The molecule has 1 aliphatic heterocycles. The summed E-state index contributed by atoms with van der Waals surface area (Å²) in [6.45, 7) is 4.46. The maximum Gasteiger partial charge on any atom is 0.143 e. The standard InChI is InChI=1S/C11H15NO2S/c1-9(13)7-12-4-5-14-8-10(12)11-3-2-6-15-11/h2-3,6,10H,4-5,7-8H2,1H3. The molecule has 1 aliphatic rings. The molecular weight excluding hydrogens is 210 g/mol. The Morgan fingerprint density at radius 2 is 2.60 bits per heavy atom. The minimum absolute atomic E-state index is 0.221. The van der Waals surface area contributed by atoms with Crippen molar-refractivity contribution in [3.05, 3.63) is 22.4 Å². The normalized spacial score (nSPS) is 22.9. The summed E-state index contributed by atoms with van der Waals surface area (Å²) in [4.78, 5) is 14.6. The molecule has 3 nitrogen and oxygen atoms in total. The van der Waals surface area contributed by atoms with E-state index in [9.17, 15) is 4.79 Å². The number of Topliss-reactive ketones (excluding diaryl/α,β-unsaturated/α-hetero) is 1. The van der Waals surface area contributed by atoms with E-state index in [0.717, 1.165) is 13.2 Å². The molecule has 0 saturated carbocycles. The molecule has 0 amide bonds. The molecule has 1 atom stereocenters. The Kier molecular flexibility index (Phi) is 3.51. The van der Waals surface area contributed by atoms with Gasteiger partial charge in [0.05, 0.1) is 25.8 Å². The van der Waals surface area contributed by atoms with Gasteiger partial charge >= 0.3 is 0 Å². The van der Waals surface area contributed by atoms with Crippen molar-refractivity contribution in [1.82, 2.24) is 4.90 Å². The highest BCUT2D eigenvalue weighted by Gasteiger charge is 2.25. The van der Waals surface area contributed by atoms with Crippen molar-refractivity contribution in [2.75, 3.05) is 26.3 Å². The lowest BCUT2D eigenvalue weighted by Gasteiger charge is -2.34. The van der Waals surface area contributed by atoms with E-state index in [0.29, 0.717) is 13.2 Å². The Morgan fingerprint density at radius 3 is 3.27 bits per heavy atom. The van der Waals surface area contributed by atoms with Gasteiger partial charge in [0.2, 0.25) is 0 Å². The molecule has 0 radical (unpaired) electrons. The molecule has 4 heteroatoms. The number of carbonyl (C=O) groups excluding carboxylic acids is 1. The summed E-state index contributed by atoms with van der Waals surface area (Å²) in [6.07, 6.45) is 0. The first kappa shape index (κ1) is 10.8. The smallest absolute Gasteiger partial charge is 0.143 e. The van der Waals surface area contributed by atoms with Crippen LogP contribution in [0.4, 0.5) is 0 Å². The summed E-state index contributed by atoms with van der Waals surface area (Å²) < 4.78 is 5.47. The van der Waals surface area contributed by atoms with Crippen LogP contribution in [-0.2, 0) is 9.53 Å². The average molecular weight is 225 g/mol. The molecule has 1 saturated heterocycles. The number of rotatable bonds is 3. The minimum Gasteiger partial charge on any atom is -0.378 e. The summed E-state index contributed by atoms with van der Waals surface area (Å²) in [5.74, 6) is 0.221. The molecule has 0 aromatic carbocycles. The predicted molar refractivity (Wildman–Crippen MR) is 60.1 cm³/mol. The van der Waals surface area contributed by atoms with Crippen LogP contribution in [0.25, 0.3) is 0 Å². The SMILES string of the molecule is CC(=O)CN1CCOCC1c1cccs1. The van der Waals surface area contributed by atoms with E-state index in [4.69, 9.17) is 4.74 Å². The number of ether oxygens (including phenoxy) is 1. The first-order valence-corrected chi connectivity index (χ1v) is 6.00. The molecule has 15 heavy (non-hydrogen) atoms. The second-order valence-electron chi connectivity index (χ2n) is 3.78. The van der Waals surface area contributed by atoms with Crippen molar-refractivity contribution in [3.8, 4) is 0 Å². The van der Waals surface area contributed by atoms with Gasteiger partial charge in [-0.2, -0.15) is 0 Å². The van der Waals surface area contributed by atoms with Crippen LogP contribution in [-0.4, -0.2) is 37.0 Å². The molecule has 0 bridgehead atoms. The van der Waals surface area contributed by atoms with Gasteiger partial charge in [-0.25, -0.2) is 0 Å². The van der Waals surface area contributed by atoms with E-state index >= 15 is 0 Å². The lowest BCUT2D eigenvalue weighted by atomic mass is 10.2. The average Bonchev–Trinajstić information content (AvgIpc) is 2.70. The van der Waals surface area contributed by atoms with Gasteiger partial charge in [-0.15, -0.1) is 11.3 Å². The van der Waals surface area contributed by atoms with E-state index in [2.05, 4.69) is 16.3 Å². The van der Waals surface area contributed by atoms with E-state index in [-0.39, 0.29) is 11.8 Å². The highest BCUT2D eigenvalue weighted by atomic mass is 32.1. The van der Waals surface area contributed by atoms with Gasteiger partial charge in [-0.1, -0.05) is 6.07 Å². The number of hydrogen-bond donors (Lipinski definition) is 0. The molecule has 2 heterocycles. The minimum atomic E-state index is 0.221. The summed E-state index contributed by atoms with van der Waals surface area (Å²) in [6, 6.07) is 4.42. The first-order valence-electron chi connectivity index (χ1n) is 5.12. The third-order valence-electron chi connectivity index (χ3n) is 2.54. The van der Waals surface area contributed by atoms with Crippen LogP contribution >= 0.6 is 11.3 Å². The van der Waals surface area contributed by atoms with Crippen LogP contribution in [0.15, 0.2) is 17.5 Å². The van der Waals surface area contributed by atoms with Gasteiger partial charge < -0.3 is 4.74 Å². The van der Waals surface area contributed by atoms with Crippen molar-refractivity contribution in [2.45, 2.75) is 13.0 Å². The molecule has 2 rings (SSSR count). The second kappa shape index (κ2) is 4.88. The monoisotopic (exact) mass is 225 g/mol. The number of carbonyl (C=O) groups is 1.